The number of nitrogens with one attached hydrogen (secondary N) is 1. The van der Waals surface area contributed by atoms with Crippen molar-refractivity contribution in [1.29, 1.82) is 0 Å². The molecule has 2 heterocycles. The number of tetrazole rings is 1. The van der Waals surface area contributed by atoms with Crippen LogP contribution in [0.25, 0.3) is 11.4 Å². The number of imidazole rings is 1. The highest BCUT2D eigenvalue weighted by atomic mass is 19.1. The Bertz CT molecular complexity index is 1060. The molecule has 0 atom stereocenters. The number of hydrogen-bond donors (Lipinski definition) is 1. The SMILES string of the molecule is O=C(NCc1ccc(-n2ccnc2)c(F)c1)c1ccccc1-n1cnnn1. The molecular weight excluding hydrogens is 349 g/mol. The summed E-state index contributed by atoms with van der Waals surface area (Å²) in [6.45, 7) is 0.184. The van der Waals surface area contributed by atoms with Gasteiger partial charge in [-0.15, -0.1) is 5.10 Å². The summed E-state index contributed by atoms with van der Waals surface area (Å²) in [5, 5.41) is 13.8. The first-order valence-corrected chi connectivity index (χ1v) is 8.10. The molecule has 27 heavy (non-hydrogen) atoms. The number of carbonyl (C=O) groups excluding carboxylic acids is 1. The topological polar surface area (TPSA) is 90.5 Å². The van der Waals surface area contributed by atoms with Gasteiger partial charge in [-0.1, -0.05) is 18.2 Å². The third-order valence-corrected chi connectivity index (χ3v) is 3.99. The summed E-state index contributed by atoms with van der Waals surface area (Å²) >= 11 is 0. The molecule has 1 amide bonds. The van der Waals surface area contributed by atoms with Gasteiger partial charge in [-0.05, 0) is 40.3 Å². The summed E-state index contributed by atoms with van der Waals surface area (Å²) in [5.74, 6) is -0.700. The van der Waals surface area contributed by atoms with Crippen LogP contribution in [0.15, 0.2) is 67.5 Å². The van der Waals surface area contributed by atoms with Gasteiger partial charge in [0.25, 0.3) is 5.91 Å². The Kier molecular flexibility index (Phi) is 4.40. The maximum Gasteiger partial charge on any atom is 0.253 e. The molecule has 0 unspecified atom stereocenters. The fourth-order valence-corrected chi connectivity index (χ4v) is 2.69. The van der Waals surface area contributed by atoms with Crippen molar-refractivity contribution in [1.82, 2.24) is 35.1 Å². The van der Waals surface area contributed by atoms with Gasteiger partial charge in [0.05, 0.1) is 23.3 Å². The van der Waals surface area contributed by atoms with E-state index in [0.29, 0.717) is 22.5 Å². The van der Waals surface area contributed by atoms with E-state index in [2.05, 4.69) is 25.8 Å². The van der Waals surface area contributed by atoms with E-state index in [1.807, 2.05) is 0 Å². The van der Waals surface area contributed by atoms with Gasteiger partial charge in [-0.2, -0.15) is 4.68 Å². The number of amides is 1. The van der Waals surface area contributed by atoms with Crippen LogP contribution in [0, 0.1) is 5.82 Å². The van der Waals surface area contributed by atoms with Crippen molar-refractivity contribution in [3.05, 3.63) is 84.5 Å². The molecule has 0 aliphatic rings. The number of para-hydroxylation sites is 1. The molecule has 0 aliphatic carbocycles. The zero-order valence-corrected chi connectivity index (χ0v) is 14.0. The van der Waals surface area contributed by atoms with E-state index < -0.39 is 5.82 Å². The summed E-state index contributed by atoms with van der Waals surface area (Å²) in [6.07, 6.45) is 6.18. The lowest BCUT2D eigenvalue weighted by atomic mass is 10.1. The first-order valence-electron chi connectivity index (χ1n) is 8.10. The van der Waals surface area contributed by atoms with Gasteiger partial charge in [0, 0.05) is 18.9 Å². The van der Waals surface area contributed by atoms with E-state index in [1.165, 1.54) is 23.4 Å². The van der Waals surface area contributed by atoms with Crippen molar-refractivity contribution in [3.8, 4) is 11.4 Å². The summed E-state index contributed by atoms with van der Waals surface area (Å²) < 4.78 is 17.3. The van der Waals surface area contributed by atoms with E-state index in [9.17, 15) is 9.18 Å². The number of carbonyl (C=O) groups is 1. The maximum atomic E-state index is 14.3. The fraction of sp³-hybridized carbons (Fsp3) is 0.0556. The Balaban J connectivity index is 1.50. The van der Waals surface area contributed by atoms with Gasteiger partial charge < -0.3 is 9.88 Å². The lowest BCUT2D eigenvalue weighted by Crippen LogP contribution is -2.24. The summed E-state index contributed by atoms with van der Waals surface area (Å²) in [7, 11) is 0. The predicted molar refractivity (Wildman–Crippen MR) is 93.8 cm³/mol. The molecule has 1 N–H and O–H groups in total. The second-order valence-electron chi connectivity index (χ2n) is 5.71. The van der Waals surface area contributed by atoms with E-state index in [0.717, 1.165) is 0 Å². The van der Waals surface area contributed by atoms with Crippen LogP contribution in [0.3, 0.4) is 0 Å². The number of hydrogen-bond acceptors (Lipinski definition) is 5. The number of rotatable bonds is 5. The summed E-state index contributed by atoms with van der Waals surface area (Å²) in [4.78, 5) is 16.5. The van der Waals surface area contributed by atoms with Gasteiger partial charge >= 0.3 is 0 Å². The molecule has 2 aromatic heterocycles. The minimum atomic E-state index is -0.395. The minimum Gasteiger partial charge on any atom is -0.348 e. The van der Waals surface area contributed by atoms with E-state index >= 15 is 0 Å². The van der Waals surface area contributed by atoms with Gasteiger partial charge in [-0.3, -0.25) is 4.79 Å². The minimum absolute atomic E-state index is 0.184. The van der Waals surface area contributed by atoms with Gasteiger partial charge in [0.1, 0.15) is 12.1 Å². The lowest BCUT2D eigenvalue weighted by molar-refractivity contribution is 0.0950. The summed E-state index contributed by atoms with van der Waals surface area (Å²) in [6, 6.07) is 11.8. The van der Waals surface area contributed by atoms with E-state index in [4.69, 9.17) is 0 Å². The van der Waals surface area contributed by atoms with Crippen LogP contribution in [0.2, 0.25) is 0 Å². The average molecular weight is 363 g/mol. The largest absolute Gasteiger partial charge is 0.348 e. The molecule has 8 nitrogen and oxygen atoms in total. The Hall–Kier alpha value is -3.88. The lowest BCUT2D eigenvalue weighted by Gasteiger charge is -2.10. The molecule has 134 valence electrons. The van der Waals surface area contributed by atoms with Gasteiger partial charge in [-0.25, -0.2) is 9.37 Å². The van der Waals surface area contributed by atoms with Crippen LogP contribution in [-0.4, -0.2) is 35.7 Å². The molecular formula is C18H14FN7O. The van der Waals surface area contributed by atoms with Crippen LogP contribution in [-0.2, 0) is 6.54 Å². The Labute approximate surface area is 153 Å². The van der Waals surface area contributed by atoms with Crippen LogP contribution in [0.1, 0.15) is 15.9 Å². The van der Waals surface area contributed by atoms with Crippen molar-refractivity contribution in [2.45, 2.75) is 6.54 Å². The molecule has 4 aromatic rings. The van der Waals surface area contributed by atoms with Crippen molar-refractivity contribution >= 4 is 5.91 Å². The highest BCUT2D eigenvalue weighted by Gasteiger charge is 2.13. The average Bonchev–Trinajstić information content (AvgIpc) is 3.40. The Morgan fingerprint density at radius 1 is 1.11 bits per heavy atom. The van der Waals surface area contributed by atoms with Gasteiger partial charge in [0.2, 0.25) is 0 Å². The van der Waals surface area contributed by atoms with E-state index in [-0.39, 0.29) is 12.5 Å². The fourth-order valence-electron chi connectivity index (χ4n) is 2.69. The zero-order chi connectivity index (χ0) is 18.6. The van der Waals surface area contributed by atoms with Crippen LogP contribution >= 0.6 is 0 Å². The number of nitrogens with zero attached hydrogens (tertiary/aromatic N) is 6. The van der Waals surface area contributed by atoms with Gasteiger partial charge in [0.15, 0.2) is 0 Å². The summed E-state index contributed by atoms with van der Waals surface area (Å²) in [5.41, 5.74) is 2.01. The molecule has 0 saturated carbocycles. The first kappa shape index (κ1) is 16.6. The standard InChI is InChI=1S/C18H14FN7O/c19-15-9-13(5-6-17(15)25-8-7-20-11-25)10-21-18(27)14-3-1-2-4-16(14)26-12-22-23-24-26/h1-9,11-12H,10H2,(H,21,27). The maximum absolute atomic E-state index is 14.3. The van der Waals surface area contributed by atoms with Crippen molar-refractivity contribution in [3.63, 3.8) is 0 Å². The van der Waals surface area contributed by atoms with E-state index in [1.54, 1.807) is 53.4 Å². The molecule has 9 heteroatoms. The molecule has 0 spiro atoms. The van der Waals surface area contributed by atoms with Crippen molar-refractivity contribution in [2.24, 2.45) is 0 Å². The second-order valence-corrected chi connectivity index (χ2v) is 5.71. The molecule has 0 aliphatic heterocycles. The zero-order valence-electron chi connectivity index (χ0n) is 14.0. The number of halogens is 1. The predicted octanol–water partition coefficient (Wildman–Crippen LogP) is 1.92. The highest BCUT2D eigenvalue weighted by Crippen LogP contribution is 2.16. The number of benzene rings is 2. The molecule has 0 saturated heterocycles. The van der Waals surface area contributed by atoms with Crippen LogP contribution in [0.5, 0.6) is 0 Å². The normalized spacial score (nSPS) is 10.7. The van der Waals surface area contributed by atoms with Crippen molar-refractivity contribution < 1.29 is 9.18 Å². The quantitative estimate of drug-likeness (QED) is 0.585. The molecule has 2 aromatic carbocycles. The first-order chi connectivity index (χ1) is 13.2. The molecule has 0 radical (unpaired) electrons. The number of aromatic nitrogens is 6. The third kappa shape index (κ3) is 3.43. The smallest absolute Gasteiger partial charge is 0.253 e. The Morgan fingerprint density at radius 3 is 2.74 bits per heavy atom. The third-order valence-electron chi connectivity index (χ3n) is 3.99. The second kappa shape index (κ2) is 7.16. The molecule has 0 bridgehead atoms. The molecule has 4 rings (SSSR count). The Morgan fingerprint density at radius 2 is 2.00 bits per heavy atom. The monoisotopic (exact) mass is 363 g/mol. The van der Waals surface area contributed by atoms with Crippen LogP contribution < -0.4 is 5.32 Å². The van der Waals surface area contributed by atoms with Crippen molar-refractivity contribution in [2.75, 3.05) is 0 Å². The molecule has 0 fully saturated rings. The highest BCUT2D eigenvalue weighted by molar-refractivity contribution is 5.97. The van der Waals surface area contributed by atoms with Crippen LogP contribution in [0.4, 0.5) is 4.39 Å².